The third-order valence-corrected chi connectivity index (χ3v) is 2.39. The molecule has 1 amide bonds. The first-order chi connectivity index (χ1) is 8.20. The van der Waals surface area contributed by atoms with E-state index in [2.05, 4.69) is 10.4 Å². The van der Waals surface area contributed by atoms with Crippen LogP contribution in [0.15, 0.2) is 36.5 Å². The van der Waals surface area contributed by atoms with Gasteiger partial charge in [-0.3, -0.25) is 9.48 Å². The van der Waals surface area contributed by atoms with Gasteiger partial charge in [-0.15, -0.1) is 0 Å². The Labute approximate surface area is 99.2 Å². The lowest BCUT2D eigenvalue weighted by Crippen LogP contribution is -2.14. The van der Waals surface area contributed by atoms with Crippen molar-refractivity contribution in [1.29, 1.82) is 0 Å². The topological polar surface area (TPSA) is 72.9 Å². The van der Waals surface area contributed by atoms with Crippen molar-refractivity contribution in [2.24, 2.45) is 12.8 Å². The van der Waals surface area contributed by atoms with Crippen LogP contribution in [0.4, 0.5) is 5.82 Å². The highest BCUT2D eigenvalue weighted by molar-refractivity contribution is 6.04. The zero-order valence-electron chi connectivity index (χ0n) is 9.55. The molecular weight excluding hydrogens is 216 g/mol. The minimum atomic E-state index is -0.181. The maximum atomic E-state index is 11.9. The van der Waals surface area contributed by atoms with E-state index in [1.807, 2.05) is 18.2 Å². The molecule has 5 heteroatoms. The van der Waals surface area contributed by atoms with E-state index >= 15 is 0 Å². The van der Waals surface area contributed by atoms with Crippen LogP contribution >= 0.6 is 0 Å². The molecule has 0 atom stereocenters. The second-order valence-electron chi connectivity index (χ2n) is 3.70. The normalized spacial score (nSPS) is 10.2. The molecule has 0 aliphatic heterocycles. The molecule has 1 aromatic carbocycles. The van der Waals surface area contributed by atoms with Crippen molar-refractivity contribution in [1.82, 2.24) is 9.78 Å². The molecule has 2 rings (SSSR count). The summed E-state index contributed by atoms with van der Waals surface area (Å²) in [6.45, 7) is 0.345. The van der Waals surface area contributed by atoms with E-state index in [0.717, 1.165) is 5.56 Å². The summed E-state index contributed by atoms with van der Waals surface area (Å²) in [4.78, 5) is 11.9. The fourth-order valence-electron chi connectivity index (χ4n) is 1.56. The Hall–Kier alpha value is -2.14. The van der Waals surface area contributed by atoms with Crippen LogP contribution in [0.1, 0.15) is 15.9 Å². The van der Waals surface area contributed by atoms with E-state index in [1.54, 1.807) is 30.1 Å². The molecule has 0 aliphatic carbocycles. The van der Waals surface area contributed by atoms with Gasteiger partial charge in [0.25, 0.3) is 5.91 Å². The van der Waals surface area contributed by atoms with Crippen molar-refractivity contribution in [2.45, 2.75) is 6.54 Å². The minimum absolute atomic E-state index is 0.181. The number of aryl methyl sites for hydroxylation is 1. The fourth-order valence-corrected chi connectivity index (χ4v) is 1.56. The SMILES string of the molecule is Cn1cc(CN)c(NC(=O)c2ccccc2)n1. The number of hydrogen-bond acceptors (Lipinski definition) is 3. The van der Waals surface area contributed by atoms with Crippen molar-refractivity contribution in [3.8, 4) is 0 Å². The Balaban J connectivity index is 2.18. The van der Waals surface area contributed by atoms with E-state index in [4.69, 9.17) is 5.73 Å². The summed E-state index contributed by atoms with van der Waals surface area (Å²) in [6.07, 6.45) is 1.79. The monoisotopic (exact) mass is 230 g/mol. The van der Waals surface area contributed by atoms with E-state index < -0.39 is 0 Å². The number of amides is 1. The van der Waals surface area contributed by atoms with Crippen LogP contribution in [0, 0.1) is 0 Å². The van der Waals surface area contributed by atoms with Gasteiger partial charge in [-0.1, -0.05) is 18.2 Å². The average Bonchev–Trinajstić information content (AvgIpc) is 2.70. The first kappa shape index (κ1) is 11.3. The molecule has 1 aromatic heterocycles. The molecule has 17 heavy (non-hydrogen) atoms. The molecule has 0 spiro atoms. The zero-order valence-corrected chi connectivity index (χ0v) is 9.55. The number of carbonyl (C=O) groups excluding carboxylic acids is 1. The van der Waals surface area contributed by atoms with Gasteiger partial charge in [0, 0.05) is 30.9 Å². The van der Waals surface area contributed by atoms with Gasteiger partial charge in [0.15, 0.2) is 5.82 Å². The van der Waals surface area contributed by atoms with Gasteiger partial charge in [0.1, 0.15) is 0 Å². The summed E-state index contributed by atoms with van der Waals surface area (Å²) in [6, 6.07) is 9.00. The number of carbonyl (C=O) groups is 1. The second-order valence-corrected chi connectivity index (χ2v) is 3.70. The van der Waals surface area contributed by atoms with Crippen LogP contribution in [-0.2, 0) is 13.6 Å². The number of aromatic nitrogens is 2. The molecule has 0 fully saturated rings. The molecule has 2 aromatic rings. The fraction of sp³-hybridized carbons (Fsp3) is 0.167. The third-order valence-electron chi connectivity index (χ3n) is 2.39. The van der Waals surface area contributed by atoms with Gasteiger partial charge >= 0.3 is 0 Å². The van der Waals surface area contributed by atoms with Crippen molar-refractivity contribution in [3.05, 3.63) is 47.7 Å². The van der Waals surface area contributed by atoms with Crippen molar-refractivity contribution in [3.63, 3.8) is 0 Å². The first-order valence-corrected chi connectivity index (χ1v) is 5.29. The van der Waals surface area contributed by atoms with Crippen LogP contribution < -0.4 is 11.1 Å². The summed E-state index contributed by atoms with van der Waals surface area (Å²) in [5.41, 5.74) is 6.99. The Morgan fingerprint density at radius 3 is 2.76 bits per heavy atom. The van der Waals surface area contributed by atoms with Crippen LogP contribution in [0.3, 0.4) is 0 Å². The molecule has 3 N–H and O–H groups in total. The van der Waals surface area contributed by atoms with Crippen LogP contribution in [0.2, 0.25) is 0 Å². The quantitative estimate of drug-likeness (QED) is 0.830. The third kappa shape index (κ3) is 2.51. The van der Waals surface area contributed by atoms with Crippen molar-refractivity contribution < 1.29 is 4.79 Å². The predicted molar refractivity (Wildman–Crippen MR) is 65.5 cm³/mol. The van der Waals surface area contributed by atoms with Gasteiger partial charge in [-0.25, -0.2) is 0 Å². The van der Waals surface area contributed by atoms with Gasteiger partial charge in [-0.2, -0.15) is 5.10 Å². The van der Waals surface area contributed by atoms with Crippen LogP contribution in [0.5, 0.6) is 0 Å². The molecule has 0 saturated heterocycles. The lowest BCUT2D eigenvalue weighted by molar-refractivity contribution is 0.102. The Bertz CT molecular complexity index is 519. The smallest absolute Gasteiger partial charge is 0.256 e. The molecule has 88 valence electrons. The number of rotatable bonds is 3. The Kier molecular flexibility index (Phi) is 3.20. The molecule has 0 unspecified atom stereocenters. The number of anilines is 1. The number of nitrogens with one attached hydrogen (secondary N) is 1. The summed E-state index contributed by atoms with van der Waals surface area (Å²) < 4.78 is 1.63. The standard InChI is InChI=1S/C12H14N4O/c1-16-8-10(7-13)11(15-16)14-12(17)9-5-3-2-4-6-9/h2-6,8H,7,13H2,1H3,(H,14,15,17). The van der Waals surface area contributed by atoms with Crippen molar-refractivity contribution >= 4 is 11.7 Å². The molecular formula is C12H14N4O. The second kappa shape index (κ2) is 4.80. The summed E-state index contributed by atoms with van der Waals surface area (Å²) in [5.74, 6) is 0.336. The minimum Gasteiger partial charge on any atom is -0.326 e. The van der Waals surface area contributed by atoms with E-state index in [-0.39, 0.29) is 5.91 Å². The summed E-state index contributed by atoms with van der Waals surface area (Å²) in [7, 11) is 1.79. The number of benzene rings is 1. The van der Waals surface area contributed by atoms with Gasteiger partial charge in [-0.05, 0) is 12.1 Å². The molecule has 0 saturated carbocycles. The highest BCUT2D eigenvalue weighted by Crippen LogP contribution is 2.12. The molecule has 0 aliphatic rings. The average molecular weight is 230 g/mol. The number of nitrogens with two attached hydrogens (primary N) is 1. The number of hydrogen-bond donors (Lipinski definition) is 2. The highest BCUT2D eigenvalue weighted by atomic mass is 16.1. The van der Waals surface area contributed by atoms with E-state index in [9.17, 15) is 4.79 Å². The summed E-state index contributed by atoms with van der Waals surface area (Å²) in [5, 5.41) is 6.90. The lowest BCUT2D eigenvalue weighted by atomic mass is 10.2. The molecule has 0 bridgehead atoms. The highest BCUT2D eigenvalue weighted by Gasteiger charge is 2.11. The largest absolute Gasteiger partial charge is 0.326 e. The number of nitrogens with zero attached hydrogens (tertiary/aromatic N) is 2. The van der Waals surface area contributed by atoms with Gasteiger partial charge in [0.05, 0.1) is 0 Å². The van der Waals surface area contributed by atoms with Gasteiger partial charge in [0.2, 0.25) is 0 Å². The zero-order chi connectivity index (χ0) is 12.3. The molecule has 5 nitrogen and oxygen atoms in total. The van der Waals surface area contributed by atoms with Crippen LogP contribution in [-0.4, -0.2) is 15.7 Å². The van der Waals surface area contributed by atoms with Crippen molar-refractivity contribution in [2.75, 3.05) is 5.32 Å². The van der Waals surface area contributed by atoms with Gasteiger partial charge < -0.3 is 11.1 Å². The molecule has 0 radical (unpaired) electrons. The van der Waals surface area contributed by atoms with E-state index in [0.29, 0.717) is 17.9 Å². The summed E-state index contributed by atoms with van der Waals surface area (Å²) >= 11 is 0. The first-order valence-electron chi connectivity index (χ1n) is 5.29. The van der Waals surface area contributed by atoms with E-state index in [1.165, 1.54) is 0 Å². The van der Waals surface area contributed by atoms with Crippen LogP contribution in [0.25, 0.3) is 0 Å². The predicted octanol–water partition coefficient (Wildman–Crippen LogP) is 1.13. The maximum Gasteiger partial charge on any atom is 0.256 e. The Morgan fingerprint density at radius 1 is 1.41 bits per heavy atom. The lowest BCUT2D eigenvalue weighted by Gasteiger charge is -2.03. The maximum absolute atomic E-state index is 11.9. The molecule has 1 heterocycles. The Morgan fingerprint density at radius 2 is 2.12 bits per heavy atom.